The van der Waals surface area contributed by atoms with Crippen molar-refractivity contribution in [3.63, 3.8) is 0 Å². The van der Waals surface area contributed by atoms with Crippen molar-refractivity contribution in [1.29, 1.82) is 0 Å². The first kappa shape index (κ1) is 122. The average molecular weight is 2110 g/mol. The molecule has 0 radical (unpaired) electrons. The summed E-state index contributed by atoms with van der Waals surface area (Å²) in [6.07, 6.45) is 46.0. The molecule has 8 heteroatoms. The summed E-state index contributed by atoms with van der Waals surface area (Å²) in [6.45, 7) is 133. The zero-order valence-electron chi connectivity index (χ0n) is 108. The maximum absolute atomic E-state index is 2.99. The van der Waals surface area contributed by atoms with Crippen molar-refractivity contribution in [3.8, 4) is 0 Å². The minimum Gasteiger partial charge on any atom is -0.314 e. The maximum atomic E-state index is 2.99. The zero-order chi connectivity index (χ0) is 113. The highest BCUT2D eigenvalue weighted by Gasteiger charge is 2.63. The number of nitrogens with zero attached hydrogens (tertiary/aromatic N) is 4. The van der Waals surface area contributed by atoms with Crippen molar-refractivity contribution in [2.24, 2.45) is 59.2 Å². The highest BCUT2D eigenvalue weighted by molar-refractivity contribution is 6.78. The fourth-order valence-electron chi connectivity index (χ4n) is 37.9. The molecule has 0 saturated heterocycles. The first-order chi connectivity index (χ1) is 68.1. The lowest BCUT2D eigenvalue weighted by Gasteiger charge is -2.57. The van der Waals surface area contributed by atoms with Gasteiger partial charge in [0.25, 0.3) is 0 Å². The molecule has 4 nitrogen and oxygen atoms in total. The quantitative estimate of drug-likeness (QED) is 0.0818. The van der Waals surface area contributed by atoms with Gasteiger partial charge in [-0.25, -0.2) is 0 Å². The zero-order valence-corrected chi connectivity index (χ0v) is 112. The van der Waals surface area contributed by atoms with Crippen LogP contribution in [0.25, 0.3) is 22.3 Å². The van der Waals surface area contributed by atoms with Crippen LogP contribution < -0.4 is 0 Å². The molecule has 4 saturated carbocycles. The molecule has 4 fully saturated rings. The van der Waals surface area contributed by atoms with E-state index < -0.39 is 32.9 Å². The van der Waals surface area contributed by atoms with Crippen LogP contribution in [0.3, 0.4) is 0 Å². The Morgan fingerprint density at radius 1 is 0.260 bits per heavy atom. The Morgan fingerprint density at radius 2 is 0.473 bits per heavy atom. The normalized spacial score (nSPS) is 26.3. The second-order valence-electron chi connectivity index (χ2n) is 66.6. The SMILES string of the molecule is CC(C)(C)c1ccc2c(c1)C(C)(C)C1=CC3C(C=C12)CCC3[Si](C)(C)N(C(C)(C)C)C(C)(C)C.CC1CC2C=C3C(=CC2C1[Si](C)(C)N(C(C)(C)C)C(C)(C)C)C(C)(C)c1cc(C(C)(C)C)ccc13.CCCCC1(CCCC)C2=CC3C(C=C2c2ccc(C(C)(C)C)cc21)CC(C)C3[Si](C)(C)N(C(C)(C)C)C(C)(C)C.CCCCC1(CCCC)C2=CC3C(C=C2c2ccc(C(C)(C)C)cc21)CCC3[Si](C)(C)N(C(C)(C)C)C(C)(C)C. The topological polar surface area (TPSA) is 13.0 Å². The van der Waals surface area contributed by atoms with E-state index in [9.17, 15) is 0 Å². The molecule has 16 rings (SSSR count). The first-order valence-electron chi connectivity index (χ1n) is 61.8. The fraction of sp³-hybridized carbons (Fsp3) is 0.718. The van der Waals surface area contributed by atoms with Gasteiger partial charge < -0.3 is 18.3 Å². The molecule has 4 aromatic rings. The molecule has 0 spiro atoms. The molecule has 14 unspecified atom stereocenters. The minimum absolute atomic E-state index is 0.0726. The third-order valence-electron chi connectivity index (χ3n) is 40.4. The summed E-state index contributed by atoms with van der Waals surface area (Å²) in [4.78, 5) is 0. The van der Waals surface area contributed by atoms with E-state index in [2.05, 4.69) is 511 Å². The summed E-state index contributed by atoms with van der Waals surface area (Å²) < 4.78 is 11.9. The number of rotatable bonds is 20. The predicted octanol–water partition coefficient (Wildman–Crippen LogP) is 41.6. The van der Waals surface area contributed by atoms with Gasteiger partial charge in [-0.2, -0.15) is 0 Å². The van der Waals surface area contributed by atoms with Gasteiger partial charge in [0.05, 0.1) is 0 Å². The van der Waals surface area contributed by atoms with E-state index in [1.807, 2.05) is 0 Å². The molecule has 150 heavy (non-hydrogen) atoms. The second-order valence-corrected chi connectivity index (χ2v) is 84.5. The largest absolute Gasteiger partial charge is 0.314 e. The van der Waals surface area contributed by atoms with Crippen molar-refractivity contribution in [2.75, 3.05) is 0 Å². The van der Waals surface area contributed by atoms with Gasteiger partial charge in [-0.3, -0.25) is 0 Å². The summed E-state index contributed by atoms with van der Waals surface area (Å²) in [5, 5.41) is 0. The summed E-state index contributed by atoms with van der Waals surface area (Å²) in [6, 6.07) is 29.9. The molecule has 12 aliphatic carbocycles. The Bertz CT molecular complexity index is 5730. The smallest absolute Gasteiger partial charge is 0.127 e. The number of hydrogen-bond donors (Lipinski definition) is 0. The van der Waals surface area contributed by atoms with E-state index in [0.717, 1.165) is 34.0 Å². The number of unbranched alkanes of at least 4 members (excludes halogenated alkanes) is 4. The Morgan fingerprint density at radius 3 is 0.720 bits per heavy atom. The van der Waals surface area contributed by atoms with Gasteiger partial charge in [-0.1, -0.05) is 390 Å². The minimum atomic E-state index is -1.84. The van der Waals surface area contributed by atoms with Crippen LogP contribution >= 0.6 is 0 Å². The van der Waals surface area contributed by atoms with Gasteiger partial charge in [0, 0.05) is 66.0 Å². The van der Waals surface area contributed by atoms with Gasteiger partial charge in [-0.15, -0.1) is 0 Å². The van der Waals surface area contributed by atoms with Crippen LogP contribution in [-0.4, -0.2) is 95.5 Å². The van der Waals surface area contributed by atoms with Crippen molar-refractivity contribution < 1.29 is 0 Å². The van der Waals surface area contributed by atoms with Crippen LogP contribution in [0.1, 0.15) is 501 Å². The Hall–Kier alpha value is -4.49. The molecule has 0 aromatic heterocycles. The Labute approximate surface area is 932 Å². The molecule has 4 aromatic carbocycles. The van der Waals surface area contributed by atoms with E-state index in [4.69, 9.17) is 0 Å². The number of fused-ring (bicyclic) bond motifs is 16. The maximum Gasteiger partial charge on any atom is 0.127 e. The Kier molecular flexibility index (Phi) is 34.0. The Balaban J connectivity index is 0.000000167. The van der Waals surface area contributed by atoms with Crippen LogP contribution in [0.2, 0.25) is 74.5 Å². The molecule has 836 valence electrons. The van der Waals surface area contributed by atoms with Crippen molar-refractivity contribution >= 4 is 55.2 Å². The molecule has 12 aliphatic rings. The highest BCUT2D eigenvalue weighted by Crippen LogP contribution is 2.69. The number of benzene rings is 4. The van der Waals surface area contributed by atoms with Gasteiger partial charge in [0.2, 0.25) is 0 Å². The monoisotopic (exact) mass is 2110 g/mol. The summed E-state index contributed by atoms with van der Waals surface area (Å²) >= 11 is 0. The predicted molar refractivity (Wildman–Crippen MR) is 677 cm³/mol. The van der Waals surface area contributed by atoms with Crippen LogP contribution in [-0.2, 0) is 43.3 Å². The van der Waals surface area contributed by atoms with E-state index in [-0.39, 0.29) is 87.6 Å². The standard InChI is InChI=1S/C39H65NSi.C38H63NSi.C33H53NSi.C32H51NSi/c1-15-17-21-39(22-18-16-2)33-25-29(36(4,5)6)19-20-30(33)32-24-28-23-27(3)35(31(28)26-34(32)39)41(13,14)40(37(7,8)9)38(10,11)12;1-14-16-22-38(23-17-15-2)32-25-28(35(3,4)5)19-20-29(32)31-24-27-18-21-34(30(27)26-33(31)38)40(12,13)39(36(6,7)8)37(9,10)11;1-21-17-22-18-26-24-16-15-23(30(2,3)4)19-27(24)33(11,12)28(26)20-25(22)29(21)35(13,14)34(31(5,6)7)32(8,9)10;1-29(2,3)22-15-16-23-25-18-21-14-17-28(24(21)20-27(25)32(10,11)26(23)19-22)34(12,13)33(30(4,5)6)31(7,8)9/h19-20,24-28,31,35H,15-18,21-23H2,1-14H3;19-20,24-27,30,34H,14-18,21-23H2,1-13H3;15-16,18-22,25,29H,17H2,1-14H3;15-16,18-21,24,28H,14,17H2,1-13H3. The van der Waals surface area contributed by atoms with Crippen LogP contribution in [0.5, 0.6) is 0 Å². The molecule has 0 aliphatic heterocycles. The summed E-state index contributed by atoms with van der Waals surface area (Å²) in [7, 11) is -7.12. The lowest BCUT2D eigenvalue weighted by molar-refractivity contribution is 0.120. The number of hydrogen-bond acceptors (Lipinski definition) is 4. The second kappa shape index (κ2) is 41.6. The lowest BCUT2D eigenvalue weighted by atomic mass is 9.68. The van der Waals surface area contributed by atoms with Gasteiger partial charge >= 0.3 is 0 Å². The van der Waals surface area contributed by atoms with Crippen molar-refractivity contribution in [2.45, 2.75) is 596 Å². The van der Waals surface area contributed by atoms with E-state index in [1.54, 1.807) is 66.8 Å². The molecular weight excluding hydrogens is 1870 g/mol. The summed E-state index contributed by atoms with van der Waals surface area (Å²) in [5.74, 6) is 6.95. The summed E-state index contributed by atoms with van der Waals surface area (Å²) in [5.41, 5.74) is 37.1. The van der Waals surface area contributed by atoms with E-state index in [0.29, 0.717) is 47.3 Å². The van der Waals surface area contributed by atoms with Crippen molar-refractivity contribution in [3.05, 3.63) is 210 Å². The number of allylic oxidation sites excluding steroid dienone is 16. The third kappa shape index (κ3) is 22.8. The van der Waals surface area contributed by atoms with Crippen LogP contribution in [0, 0.1) is 59.2 Å². The fourth-order valence-corrected chi connectivity index (χ4v) is 63.0. The highest BCUT2D eigenvalue weighted by atomic mass is 28.3. The van der Waals surface area contributed by atoms with Gasteiger partial charge in [0.1, 0.15) is 32.9 Å². The molecule has 0 N–H and O–H groups in total. The van der Waals surface area contributed by atoms with Gasteiger partial charge in [-0.05, 0) is 432 Å². The molecule has 0 amide bonds. The van der Waals surface area contributed by atoms with Gasteiger partial charge in [0.15, 0.2) is 0 Å². The molecule has 14 atom stereocenters. The molecule has 0 bridgehead atoms. The average Bonchev–Trinajstić information content (AvgIpc) is 1.54. The third-order valence-corrected chi connectivity index (χ3v) is 60.5. The van der Waals surface area contributed by atoms with E-state index in [1.165, 1.54) is 160 Å². The molecule has 0 heterocycles. The van der Waals surface area contributed by atoms with Crippen LogP contribution in [0.4, 0.5) is 0 Å². The lowest BCUT2D eigenvalue weighted by Crippen LogP contribution is -2.67. The van der Waals surface area contributed by atoms with Crippen molar-refractivity contribution in [1.82, 2.24) is 18.3 Å². The molecular formula is C142H232N4Si4. The first-order valence-corrected chi connectivity index (χ1v) is 73.9. The van der Waals surface area contributed by atoms with E-state index >= 15 is 0 Å². The van der Waals surface area contributed by atoms with Crippen LogP contribution in [0.15, 0.2) is 144 Å².